The Hall–Kier alpha value is -4.42. The molecule has 0 amide bonds. The van der Waals surface area contributed by atoms with Gasteiger partial charge < -0.3 is 23.7 Å². The zero-order chi connectivity index (χ0) is 35.7. The smallest absolute Gasteiger partial charge is 0.493 e. The number of esters is 1. The summed E-state index contributed by atoms with van der Waals surface area (Å²) in [5.41, 5.74) is -0.207. The highest BCUT2D eigenvalue weighted by Crippen LogP contribution is 2.35. The van der Waals surface area contributed by atoms with Crippen LogP contribution in [0.15, 0.2) is 36.4 Å². The lowest BCUT2D eigenvalue weighted by molar-refractivity contribution is -0.385. The Kier molecular flexibility index (Phi) is 20.5. The monoisotopic (exact) mass is 688 g/mol. The molecule has 13 heteroatoms. The number of methoxy groups -OCH3 is 1. The molecule has 0 spiro atoms. The molecule has 2 aromatic carbocycles. The molecule has 0 aliphatic heterocycles. The number of hydrogen-bond donors (Lipinski definition) is 0. The van der Waals surface area contributed by atoms with Crippen molar-refractivity contribution in [1.82, 2.24) is 0 Å². The van der Waals surface area contributed by atoms with E-state index in [1.807, 2.05) is 0 Å². The number of nitrogens with zero attached hydrogens (tertiary/aromatic N) is 2. The summed E-state index contributed by atoms with van der Waals surface area (Å²) in [6, 6.07) is 7.47. The zero-order valence-corrected chi connectivity index (χ0v) is 29.0. The lowest BCUT2D eigenvalue weighted by Gasteiger charge is -2.13. The SMILES string of the molecule is CCCCCCCCCCCCCCCCCC(=O)OCCOc1cc([N+](=O)[O-])c(CCOC(=O)Oc2ccc([N+](=O)[O-])cc2)cc1OC. The summed E-state index contributed by atoms with van der Waals surface area (Å²) < 4.78 is 26.2. The van der Waals surface area contributed by atoms with Crippen molar-refractivity contribution in [1.29, 1.82) is 0 Å². The second-order valence-corrected chi connectivity index (χ2v) is 11.9. The van der Waals surface area contributed by atoms with Gasteiger partial charge in [0.2, 0.25) is 0 Å². The van der Waals surface area contributed by atoms with Gasteiger partial charge in [-0.15, -0.1) is 0 Å². The number of hydrogen-bond acceptors (Lipinski definition) is 11. The van der Waals surface area contributed by atoms with E-state index in [1.54, 1.807) is 0 Å². The van der Waals surface area contributed by atoms with E-state index in [9.17, 15) is 29.8 Å². The molecule has 0 fully saturated rings. The van der Waals surface area contributed by atoms with E-state index < -0.39 is 16.0 Å². The highest BCUT2D eigenvalue weighted by atomic mass is 16.7. The molecule has 0 aliphatic rings. The lowest BCUT2D eigenvalue weighted by atomic mass is 10.0. The molecular formula is C36H52N2O11. The van der Waals surface area contributed by atoms with E-state index in [-0.39, 0.29) is 66.4 Å². The molecule has 0 unspecified atom stereocenters. The fourth-order valence-electron chi connectivity index (χ4n) is 5.26. The van der Waals surface area contributed by atoms with Gasteiger partial charge in [0.15, 0.2) is 11.5 Å². The minimum Gasteiger partial charge on any atom is -0.493 e. The van der Waals surface area contributed by atoms with Gasteiger partial charge in [-0.2, -0.15) is 0 Å². The Balaban J connectivity index is 1.62. The van der Waals surface area contributed by atoms with Crippen molar-refractivity contribution in [3.05, 3.63) is 62.2 Å². The Morgan fingerprint density at radius 2 is 1.24 bits per heavy atom. The minimum atomic E-state index is -1.07. The molecular weight excluding hydrogens is 636 g/mol. The van der Waals surface area contributed by atoms with Crippen LogP contribution in [0.25, 0.3) is 0 Å². The summed E-state index contributed by atoms with van der Waals surface area (Å²) in [7, 11) is 1.38. The third-order valence-corrected chi connectivity index (χ3v) is 7.99. The van der Waals surface area contributed by atoms with Crippen LogP contribution in [0.4, 0.5) is 16.2 Å². The molecule has 49 heavy (non-hydrogen) atoms. The van der Waals surface area contributed by atoms with Crippen molar-refractivity contribution in [3.63, 3.8) is 0 Å². The number of rotatable bonds is 27. The predicted octanol–water partition coefficient (Wildman–Crippen LogP) is 9.45. The van der Waals surface area contributed by atoms with Crippen LogP contribution < -0.4 is 14.2 Å². The first-order valence-corrected chi connectivity index (χ1v) is 17.5. The highest BCUT2D eigenvalue weighted by Gasteiger charge is 2.21. The van der Waals surface area contributed by atoms with Gasteiger partial charge in [0.1, 0.15) is 19.0 Å². The van der Waals surface area contributed by atoms with Crippen molar-refractivity contribution in [3.8, 4) is 17.2 Å². The van der Waals surface area contributed by atoms with Crippen LogP contribution in [0.1, 0.15) is 115 Å². The van der Waals surface area contributed by atoms with E-state index in [2.05, 4.69) is 6.92 Å². The maximum absolute atomic E-state index is 12.1. The molecule has 0 atom stereocenters. The molecule has 0 bridgehead atoms. The van der Waals surface area contributed by atoms with Crippen LogP contribution in [0.2, 0.25) is 0 Å². The van der Waals surface area contributed by atoms with Gasteiger partial charge in [-0.1, -0.05) is 96.8 Å². The van der Waals surface area contributed by atoms with Crippen molar-refractivity contribution in [2.75, 3.05) is 26.9 Å². The Morgan fingerprint density at radius 1 is 0.673 bits per heavy atom. The number of benzene rings is 2. The molecule has 0 heterocycles. The lowest BCUT2D eigenvalue weighted by Crippen LogP contribution is -2.14. The van der Waals surface area contributed by atoms with Gasteiger partial charge in [-0.05, 0) is 24.6 Å². The van der Waals surface area contributed by atoms with Gasteiger partial charge >= 0.3 is 12.1 Å². The van der Waals surface area contributed by atoms with Crippen LogP contribution in [-0.4, -0.2) is 48.9 Å². The zero-order valence-electron chi connectivity index (χ0n) is 29.0. The fraction of sp³-hybridized carbons (Fsp3) is 0.611. The summed E-state index contributed by atoms with van der Waals surface area (Å²) in [4.78, 5) is 45.4. The molecule has 13 nitrogen and oxygen atoms in total. The van der Waals surface area contributed by atoms with Crippen LogP contribution in [-0.2, 0) is 20.7 Å². The third-order valence-electron chi connectivity index (χ3n) is 7.99. The standard InChI is InChI=1S/C36H52N2O11/c1-3-4-5-6-7-8-9-10-11-12-13-14-15-16-17-18-35(39)47-26-25-46-34-28-32(38(43)44)29(27-33(34)45-2)23-24-48-36(40)49-31-21-19-30(20-22-31)37(41)42/h19-22,27-28H,3-18,23-26H2,1-2H3. The molecule has 0 saturated carbocycles. The van der Waals surface area contributed by atoms with Crippen molar-refractivity contribution in [2.45, 2.75) is 116 Å². The summed E-state index contributed by atoms with van der Waals surface area (Å²) in [6.45, 7) is 1.97. The number of carbonyl (C=O) groups is 2. The average molecular weight is 689 g/mol. The minimum absolute atomic E-state index is 0.0129. The van der Waals surface area contributed by atoms with Gasteiger partial charge in [0.25, 0.3) is 11.4 Å². The van der Waals surface area contributed by atoms with Crippen molar-refractivity contribution in [2.24, 2.45) is 0 Å². The van der Waals surface area contributed by atoms with Gasteiger partial charge in [-0.3, -0.25) is 25.0 Å². The van der Waals surface area contributed by atoms with E-state index in [0.717, 1.165) is 19.3 Å². The molecule has 0 saturated heterocycles. The number of nitro benzene ring substituents is 2. The van der Waals surface area contributed by atoms with Crippen LogP contribution in [0.3, 0.4) is 0 Å². The quantitative estimate of drug-likeness (QED) is 0.0288. The van der Waals surface area contributed by atoms with E-state index in [4.69, 9.17) is 23.7 Å². The normalized spacial score (nSPS) is 10.7. The van der Waals surface area contributed by atoms with E-state index in [1.165, 1.54) is 121 Å². The maximum Gasteiger partial charge on any atom is 0.513 e. The first-order chi connectivity index (χ1) is 23.7. The molecule has 2 aromatic rings. The number of unbranched alkanes of at least 4 members (excludes halogenated alkanes) is 14. The summed E-state index contributed by atoms with van der Waals surface area (Å²) >= 11 is 0. The molecule has 0 aliphatic carbocycles. The van der Waals surface area contributed by atoms with E-state index in [0.29, 0.717) is 6.42 Å². The second-order valence-electron chi connectivity index (χ2n) is 11.9. The van der Waals surface area contributed by atoms with E-state index >= 15 is 0 Å². The molecule has 0 radical (unpaired) electrons. The maximum atomic E-state index is 12.1. The average Bonchev–Trinajstić information content (AvgIpc) is 3.08. The highest BCUT2D eigenvalue weighted by molar-refractivity contribution is 5.69. The first-order valence-electron chi connectivity index (χ1n) is 17.5. The Morgan fingerprint density at radius 3 is 1.78 bits per heavy atom. The van der Waals surface area contributed by atoms with Crippen LogP contribution in [0.5, 0.6) is 17.2 Å². The van der Waals surface area contributed by atoms with Crippen LogP contribution >= 0.6 is 0 Å². The summed E-state index contributed by atoms with van der Waals surface area (Å²) in [5, 5.41) is 22.5. The fourth-order valence-corrected chi connectivity index (χ4v) is 5.26. The van der Waals surface area contributed by atoms with Crippen LogP contribution in [0, 0.1) is 20.2 Å². The number of carbonyl (C=O) groups excluding carboxylic acids is 2. The summed E-state index contributed by atoms with van der Waals surface area (Å²) in [6.07, 6.45) is 18.0. The largest absolute Gasteiger partial charge is 0.513 e. The van der Waals surface area contributed by atoms with Gasteiger partial charge in [0.05, 0.1) is 29.6 Å². The molecule has 272 valence electrons. The third kappa shape index (κ3) is 17.5. The Labute approximate surface area is 288 Å². The molecule has 0 N–H and O–H groups in total. The van der Waals surface area contributed by atoms with Crippen molar-refractivity contribution < 1.29 is 43.1 Å². The van der Waals surface area contributed by atoms with Gasteiger partial charge in [-0.25, -0.2) is 4.79 Å². The van der Waals surface area contributed by atoms with Gasteiger partial charge in [0, 0.05) is 30.5 Å². The number of ether oxygens (including phenoxy) is 5. The summed E-state index contributed by atoms with van der Waals surface area (Å²) in [5.74, 6) is 0.0623. The van der Waals surface area contributed by atoms with Crippen molar-refractivity contribution >= 4 is 23.5 Å². The first kappa shape index (κ1) is 40.8. The number of non-ortho nitro benzene ring substituents is 1. The molecule has 2 rings (SSSR count). The topological polar surface area (TPSA) is 167 Å². The Bertz CT molecular complexity index is 1280. The molecule has 0 aromatic heterocycles. The number of nitro groups is 2. The predicted molar refractivity (Wildman–Crippen MR) is 184 cm³/mol. The second kappa shape index (κ2) is 24.7.